The highest BCUT2D eigenvalue weighted by Gasteiger charge is 2.09. The molecule has 0 aliphatic heterocycles. The van der Waals surface area contributed by atoms with E-state index in [1.165, 1.54) is 6.07 Å². The second-order valence-electron chi connectivity index (χ2n) is 3.63. The third-order valence-electron chi connectivity index (χ3n) is 2.48. The Kier molecular flexibility index (Phi) is 4.05. The molecule has 0 spiro atoms. The van der Waals surface area contributed by atoms with Crippen molar-refractivity contribution in [3.63, 3.8) is 0 Å². The molecule has 0 aliphatic carbocycles. The molecule has 0 amide bonds. The number of halogens is 2. The third kappa shape index (κ3) is 2.74. The molecule has 2 aromatic carbocycles. The van der Waals surface area contributed by atoms with Crippen LogP contribution in [0.15, 0.2) is 42.5 Å². The third-order valence-corrected chi connectivity index (χ3v) is 2.75. The molecule has 0 unspecified atom stereocenters. The summed E-state index contributed by atoms with van der Waals surface area (Å²) in [5.74, 6) is 1.36. The maximum atomic E-state index is 13.5. The number of alkyl halides is 1. The van der Waals surface area contributed by atoms with Crippen molar-refractivity contribution in [3.05, 3.63) is 53.8 Å². The fourth-order valence-electron chi connectivity index (χ4n) is 1.56. The van der Waals surface area contributed by atoms with Crippen LogP contribution in [0.2, 0.25) is 0 Å². The SMILES string of the molecule is COc1cccc(Oc2cccc(F)c2CCl)c1. The summed E-state index contributed by atoms with van der Waals surface area (Å²) in [7, 11) is 1.57. The van der Waals surface area contributed by atoms with Gasteiger partial charge in [-0.25, -0.2) is 4.39 Å². The summed E-state index contributed by atoms with van der Waals surface area (Å²) in [5, 5.41) is 0. The Morgan fingerprint density at radius 3 is 2.56 bits per heavy atom. The Balaban J connectivity index is 2.30. The molecule has 18 heavy (non-hydrogen) atoms. The lowest BCUT2D eigenvalue weighted by Crippen LogP contribution is -1.93. The molecule has 0 N–H and O–H groups in total. The Bertz CT molecular complexity index is 543. The zero-order valence-electron chi connectivity index (χ0n) is 9.82. The molecule has 2 rings (SSSR count). The lowest BCUT2D eigenvalue weighted by atomic mass is 10.2. The van der Waals surface area contributed by atoms with Crippen molar-refractivity contribution in [2.24, 2.45) is 0 Å². The van der Waals surface area contributed by atoms with Crippen LogP contribution in [-0.4, -0.2) is 7.11 Å². The first-order valence-corrected chi connectivity index (χ1v) is 5.93. The largest absolute Gasteiger partial charge is 0.497 e. The van der Waals surface area contributed by atoms with Gasteiger partial charge in [0.15, 0.2) is 0 Å². The van der Waals surface area contributed by atoms with Gasteiger partial charge in [0.25, 0.3) is 0 Å². The van der Waals surface area contributed by atoms with Crippen molar-refractivity contribution in [3.8, 4) is 17.2 Å². The molecule has 0 aromatic heterocycles. The highest BCUT2D eigenvalue weighted by atomic mass is 35.5. The molecule has 94 valence electrons. The van der Waals surface area contributed by atoms with Gasteiger partial charge < -0.3 is 9.47 Å². The van der Waals surface area contributed by atoms with Gasteiger partial charge in [0.2, 0.25) is 0 Å². The van der Waals surface area contributed by atoms with Gasteiger partial charge in [-0.15, -0.1) is 11.6 Å². The lowest BCUT2D eigenvalue weighted by Gasteiger charge is -2.10. The van der Waals surface area contributed by atoms with Crippen LogP contribution in [0.5, 0.6) is 17.2 Å². The maximum absolute atomic E-state index is 13.5. The number of hydrogen-bond donors (Lipinski definition) is 0. The summed E-state index contributed by atoms with van der Waals surface area (Å²) in [6.07, 6.45) is 0. The van der Waals surface area contributed by atoms with Crippen LogP contribution in [0.3, 0.4) is 0 Å². The van der Waals surface area contributed by atoms with Crippen molar-refractivity contribution in [2.45, 2.75) is 5.88 Å². The Hall–Kier alpha value is -1.74. The first-order chi connectivity index (χ1) is 8.74. The monoisotopic (exact) mass is 266 g/mol. The van der Waals surface area contributed by atoms with E-state index in [1.54, 1.807) is 43.5 Å². The van der Waals surface area contributed by atoms with E-state index in [2.05, 4.69) is 0 Å². The first-order valence-electron chi connectivity index (χ1n) is 5.40. The summed E-state index contributed by atoms with van der Waals surface area (Å²) >= 11 is 5.72. The van der Waals surface area contributed by atoms with Crippen LogP contribution in [0.4, 0.5) is 4.39 Å². The quantitative estimate of drug-likeness (QED) is 0.765. The van der Waals surface area contributed by atoms with Gasteiger partial charge in [-0.1, -0.05) is 12.1 Å². The predicted octanol–water partition coefficient (Wildman–Crippen LogP) is 4.37. The molecular weight excluding hydrogens is 255 g/mol. The average Bonchev–Trinajstić information content (AvgIpc) is 2.39. The van der Waals surface area contributed by atoms with E-state index in [0.717, 1.165) is 0 Å². The van der Waals surface area contributed by atoms with Gasteiger partial charge in [0.05, 0.1) is 13.0 Å². The molecule has 0 bridgehead atoms. The highest BCUT2D eigenvalue weighted by Crippen LogP contribution is 2.30. The van der Waals surface area contributed by atoms with Gasteiger partial charge in [-0.3, -0.25) is 0 Å². The van der Waals surface area contributed by atoms with Crippen molar-refractivity contribution < 1.29 is 13.9 Å². The highest BCUT2D eigenvalue weighted by molar-refractivity contribution is 6.17. The average molecular weight is 267 g/mol. The molecule has 0 heterocycles. The maximum Gasteiger partial charge on any atom is 0.134 e. The smallest absolute Gasteiger partial charge is 0.134 e. The number of methoxy groups -OCH3 is 1. The van der Waals surface area contributed by atoms with E-state index in [1.807, 2.05) is 0 Å². The van der Waals surface area contributed by atoms with Crippen LogP contribution in [0.1, 0.15) is 5.56 Å². The van der Waals surface area contributed by atoms with E-state index in [4.69, 9.17) is 21.1 Å². The summed E-state index contributed by atoms with van der Waals surface area (Å²) in [6, 6.07) is 11.7. The lowest BCUT2D eigenvalue weighted by molar-refractivity contribution is 0.408. The molecule has 0 fully saturated rings. The zero-order chi connectivity index (χ0) is 13.0. The number of hydrogen-bond acceptors (Lipinski definition) is 2. The Morgan fingerprint density at radius 2 is 1.83 bits per heavy atom. The summed E-state index contributed by atoms with van der Waals surface area (Å²) < 4.78 is 24.2. The molecule has 0 aliphatic rings. The summed E-state index contributed by atoms with van der Waals surface area (Å²) in [4.78, 5) is 0. The summed E-state index contributed by atoms with van der Waals surface area (Å²) in [6.45, 7) is 0. The predicted molar refractivity (Wildman–Crippen MR) is 69.0 cm³/mol. The fraction of sp³-hybridized carbons (Fsp3) is 0.143. The van der Waals surface area contributed by atoms with E-state index >= 15 is 0 Å². The van der Waals surface area contributed by atoms with E-state index < -0.39 is 0 Å². The molecule has 0 saturated carbocycles. The minimum atomic E-state index is -0.370. The topological polar surface area (TPSA) is 18.5 Å². The zero-order valence-corrected chi connectivity index (χ0v) is 10.6. The molecule has 2 aromatic rings. The van der Waals surface area contributed by atoms with Crippen LogP contribution < -0.4 is 9.47 Å². The standard InChI is InChI=1S/C14H12ClFO2/c1-17-10-4-2-5-11(8-10)18-14-7-3-6-13(16)12(14)9-15/h2-8H,9H2,1H3. The second-order valence-corrected chi connectivity index (χ2v) is 3.90. The van der Waals surface area contributed by atoms with Crippen molar-refractivity contribution >= 4 is 11.6 Å². The van der Waals surface area contributed by atoms with Crippen LogP contribution >= 0.6 is 11.6 Å². The number of benzene rings is 2. The van der Waals surface area contributed by atoms with E-state index in [9.17, 15) is 4.39 Å². The Labute approximate surface area is 110 Å². The Morgan fingerprint density at radius 1 is 1.11 bits per heavy atom. The molecule has 0 saturated heterocycles. The van der Waals surface area contributed by atoms with Gasteiger partial charge in [0.1, 0.15) is 23.1 Å². The van der Waals surface area contributed by atoms with Crippen LogP contribution in [0, 0.1) is 5.82 Å². The van der Waals surface area contributed by atoms with Gasteiger partial charge in [0, 0.05) is 11.6 Å². The minimum Gasteiger partial charge on any atom is -0.497 e. The molecular formula is C14H12ClFO2. The van der Waals surface area contributed by atoms with Gasteiger partial charge in [-0.2, -0.15) is 0 Å². The molecule has 0 radical (unpaired) electrons. The minimum absolute atomic E-state index is 0.0615. The van der Waals surface area contributed by atoms with Gasteiger partial charge >= 0.3 is 0 Å². The summed E-state index contributed by atoms with van der Waals surface area (Å²) in [5.41, 5.74) is 0.349. The van der Waals surface area contributed by atoms with E-state index in [0.29, 0.717) is 22.8 Å². The number of rotatable bonds is 4. The molecule has 0 atom stereocenters. The van der Waals surface area contributed by atoms with Crippen LogP contribution in [0.25, 0.3) is 0 Å². The van der Waals surface area contributed by atoms with Crippen molar-refractivity contribution in [2.75, 3.05) is 7.11 Å². The fourth-order valence-corrected chi connectivity index (χ4v) is 1.82. The first kappa shape index (κ1) is 12.7. The van der Waals surface area contributed by atoms with E-state index in [-0.39, 0.29) is 11.7 Å². The normalized spacial score (nSPS) is 10.2. The number of ether oxygens (including phenoxy) is 2. The van der Waals surface area contributed by atoms with Crippen LogP contribution in [-0.2, 0) is 5.88 Å². The van der Waals surface area contributed by atoms with Crippen molar-refractivity contribution in [1.82, 2.24) is 0 Å². The van der Waals surface area contributed by atoms with Crippen molar-refractivity contribution in [1.29, 1.82) is 0 Å². The van der Waals surface area contributed by atoms with Gasteiger partial charge in [-0.05, 0) is 24.3 Å². The molecule has 2 nitrogen and oxygen atoms in total. The second kappa shape index (κ2) is 5.74. The molecule has 4 heteroatoms.